The number of hydrogen-bond acceptors (Lipinski definition) is 6. The van der Waals surface area contributed by atoms with E-state index in [2.05, 4.69) is 40.6 Å². The highest BCUT2D eigenvalue weighted by Crippen LogP contribution is 2.29. The van der Waals surface area contributed by atoms with Crippen LogP contribution in [-0.2, 0) is 22.6 Å². The van der Waals surface area contributed by atoms with Gasteiger partial charge in [0.15, 0.2) is 0 Å². The molecule has 1 fully saturated rings. The Kier molecular flexibility index (Phi) is 8.03. The van der Waals surface area contributed by atoms with Crippen LogP contribution in [0.5, 0.6) is 0 Å². The lowest BCUT2D eigenvalue weighted by molar-refractivity contribution is -0.119. The zero-order chi connectivity index (χ0) is 26.6. The second-order valence-corrected chi connectivity index (χ2v) is 15.2. The van der Waals surface area contributed by atoms with Gasteiger partial charge in [0.05, 0.1) is 30.6 Å². The Bertz CT molecular complexity index is 1260. The van der Waals surface area contributed by atoms with E-state index in [0.717, 1.165) is 29.5 Å². The maximum Gasteiger partial charge on any atom is 0.414 e. The maximum absolute atomic E-state index is 15.0. The van der Waals surface area contributed by atoms with Gasteiger partial charge in [0.2, 0.25) is 5.91 Å². The van der Waals surface area contributed by atoms with Gasteiger partial charge in [-0.25, -0.2) is 9.18 Å². The number of carbonyl (C=O) groups excluding carboxylic acids is 2. The minimum absolute atomic E-state index is 0.200. The van der Waals surface area contributed by atoms with E-state index in [1.165, 1.54) is 17.9 Å². The SMILES string of the molecule is CC(=O)NC[C@H]1CN(c2ccc(-c3ccc(CNCCn4cc([Si](C)(C)C)nn4)cc3)c(F)c2)C(=O)O1. The second-order valence-electron chi connectivity index (χ2n) is 10.2. The number of amides is 2. The summed E-state index contributed by atoms with van der Waals surface area (Å²) in [6.07, 6.45) is 1.01. The van der Waals surface area contributed by atoms with Gasteiger partial charge in [-0.15, -0.1) is 5.10 Å². The van der Waals surface area contributed by atoms with Crippen LogP contribution in [0.1, 0.15) is 12.5 Å². The lowest BCUT2D eigenvalue weighted by atomic mass is 10.0. The van der Waals surface area contributed by atoms with E-state index in [9.17, 15) is 14.0 Å². The normalized spacial score (nSPS) is 15.6. The Balaban J connectivity index is 1.30. The number of benzene rings is 2. The molecular weight excluding hydrogens is 491 g/mol. The molecule has 0 saturated carbocycles. The predicted octanol–water partition coefficient (Wildman–Crippen LogP) is 2.88. The first kappa shape index (κ1) is 26.5. The molecule has 1 aliphatic rings. The minimum atomic E-state index is -1.45. The molecule has 1 atom stereocenters. The topological polar surface area (TPSA) is 101 Å². The van der Waals surface area contributed by atoms with Crippen molar-refractivity contribution in [3.8, 4) is 11.1 Å². The first-order valence-electron chi connectivity index (χ1n) is 12.3. The lowest BCUT2D eigenvalue weighted by Gasteiger charge is -2.15. The molecule has 3 aromatic rings. The Morgan fingerprint density at radius 1 is 1.19 bits per heavy atom. The minimum Gasteiger partial charge on any atom is -0.442 e. The molecule has 0 radical (unpaired) electrons. The fraction of sp³-hybridized carbons (Fsp3) is 0.385. The summed E-state index contributed by atoms with van der Waals surface area (Å²) in [5.41, 5.74) is 2.71. The van der Waals surface area contributed by atoms with Gasteiger partial charge in [-0.1, -0.05) is 49.1 Å². The molecule has 0 unspecified atom stereocenters. The number of hydrogen-bond donors (Lipinski definition) is 2. The third-order valence-corrected chi connectivity index (χ3v) is 7.90. The van der Waals surface area contributed by atoms with Gasteiger partial charge in [0, 0.05) is 31.8 Å². The van der Waals surface area contributed by atoms with Gasteiger partial charge in [-0.3, -0.25) is 14.4 Å². The number of aromatic nitrogens is 3. The Hall–Kier alpha value is -3.57. The molecule has 0 spiro atoms. The summed E-state index contributed by atoms with van der Waals surface area (Å²) in [4.78, 5) is 24.7. The van der Waals surface area contributed by atoms with Crippen LogP contribution in [0.3, 0.4) is 0 Å². The van der Waals surface area contributed by atoms with Crippen LogP contribution in [0.25, 0.3) is 11.1 Å². The van der Waals surface area contributed by atoms with E-state index >= 15 is 0 Å². The standard InChI is InChI=1S/C26H33FN6O3Si/c1-18(34)29-15-22-16-33(26(35)36-22)21-9-10-23(24(27)13-21)20-7-5-19(6-8-20)14-28-11-12-32-17-25(30-31-32)37(2,3)4/h5-10,13,17,22,28H,11-12,14-16H2,1-4H3,(H,29,34)/t22-/m0/s1. The summed E-state index contributed by atoms with van der Waals surface area (Å²) in [6.45, 7) is 10.8. The quantitative estimate of drug-likeness (QED) is 0.312. The monoisotopic (exact) mass is 524 g/mol. The number of carbonyl (C=O) groups is 2. The van der Waals surface area contributed by atoms with Crippen molar-refractivity contribution in [3.63, 3.8) is 0 Å². The summed E-state index contributed by atoms with van der Waals surface area (Å²) in [5.74, 6) is -0.624. The lowest BCUT2D eigenvalue weighted by Crippen LogP contribution is -2.38. The van der Waals surface area contributed by atoms with Crippen LogP contribution < -0.4 is 20.9 Å². The van der Waals surface area contributed by atoms with Crippen molar-refractivity contribution in [1.29, 1.82) is 0 Å². The Morgan fingerprint density at radius 3 is 2.59 bits per heavy atom. The first-order valence-corrected chi connectivity index (χ1v) is 15.8. The number of nitrogens with one attached hydrogen (secondary N) is 2. The molecule has 1 aromatic heterocycles. The highest BCUT2D eigenvalue weighted by atomic mass is 28.3. The number of anilines is 1. The number of cyclic esters (lactones) is 1. The fourth-order valence-electron chi connectivity index (χ4n) is 3.98. The van der Waals surface area contributed by atoms with Crippen molar-refractivity contribution in [1.82, 2.24) is 25.6 Å². The van der Waals surface area contributed by atoms with Crippen molar-refractivity contribution in [2.75, 3.05) is 24.5 Å². The maximum atomic E-state index is 15.0. The number of rotatable bonds is 10. The zero-order valence-corrected chi connectivity index (χ0v) is 22.6. The fourth-order valence-corrected chi connectivity index (χ4v) is 4.86. The van der Waals surface area contributed by atoms with E-state index in [-0.39, 0.29) is 19.0 Å². The Morgan fingerprint density at radius 2 is 1.95 bits per heavy atom. The van der Waals surface area contributed by atoms with Crippen molar-refractivity contribution >= 4 is 31.1 Å². The molecule has 9 nitrogen and oxygen atoms in total. The van der Waals surface area contributed by atoms with Crippen molar-refractivity contribution < 1.29 is 18.7 Å². The molecule has 0 bridgehead atoms. The van der Waals surface area contributed by atoms with E-state index in [0.29, 0.717) is 17.8 Å². The van der Waals surface area contributed by atoms with Gasteiger partial charge in [0.1, 0.15) is 20.0 Å². The molecule has 196 valence electrons. The average molecular weight is 525 g/mol. The summed E-state index contributed by atoms with van der Waals surface area (Å²) < 4.78 is 22.1. The van der Waals surface area contributed by atoms with Gasteiger partial charge < -0.3 is 15.4 Å². The third-order valence-electron chi connectivity index (χ3n) is 6.14. The molecule has 1 saturated heterocycles. The summed E-state index contributed by atoms with van der Waals surface area (Å²) in [5, 5.41) is 15.7. The highest BCUT2D eigenvalue weighted by Gasteiger charge is 2.32. The van der Waals surface area contributed by atoms with Crippen molar-refractivity contribution in [3.05, 3.63) is 60.0 Å². The predicted molar refractivity (Wildman–Crippen MR) is 143 cm³/mol. The molecule has 4 rings (SSSR count). The van der Waals surface area contributed by atoms with E-state index < -0.39 is 26.1 Å². The van der Waals surface area contributed by atoms with E-state index in [1.54, 1.807) is 12.1 Å². The molecule has 11 heteroatoms. The third kappa shape index (κ3) is 6.80. The largest absolute Gasteiger partial charge is 0.442 e. The van der Waals surface area contributed by atoms with Crippen LogP contribution in [0.15, 0.2) is 48.7 Å². The Labute approximate surface area is 217 Å². The van der Waals surface area contributed by atoms with Gasteiger partial charge in [-0.05, 0) is 29.3 Å². The first-order chi connectivity index (χ1) is 17.6. The van der Waals surface area contributed by atoms with Crippen LogP contribution in [-0.4, -0.2) is 60.8 Å². The zero-order valence-electron chi connectivity index (χ0n) is 21.6. The van der Waals surface area contributed by atoms with Gasteiger partial charge in [0.25, 0.3) is 0 Å². The summed E-state index contributed by atoms with van der Waals surface area (Å²) in [7, 11) is -1.45. The van der Waals surface area contributed by atoms with E-state index in [4.69, 9.17) is 4.74 Å². The molecule has 0 aliphatic carbocycles. The molecule has 1 aliphatic heterocycles. The number of nitrogens with zero attached hydrogens (tertiary/aromatic N) is 4. The van der Waals surface area contributed by atoms with Crippen molar-refractivity contribution in [2.24, 2.45) is 0 Å². The smallest absolute Gasteiger partial charge is 0.414 e. The van der Waals surface area contributed by atoms with Crippen LogP contribution in [0.2, 0.25) is 19.6 Å². The van der Waals surface area contributed by atoms with Crippen LogP contribution in [0.4, 0.5) is 14.9 Å². The molecule has 2 aromatic carbocycles. The summed E-state index contributed by atoms with van der Waals surface area (Å²) >= 11 is 0. The number of halogens is 1. The molecule has 2 N–H and O–H groups in total. The van der Waals surface area contributed by atoms with Crippen LogP contribution >= 0.6 is 0 Å². The van der Waals surface area contributed by atoms with Crippen molar-refractivity contribution in [2.45, 2.75) is 45.8 Å². The number of ether oxygens (including phenoxy) is 1. The highest BCUT2D eigenvalue weighted by molar-refractivity contribution is 6.88. The van der Waals surface area contributed by atoms with E-state index in [1.807, 2.05) is 35.1 Å². The van der Waals surface area contributed by atoms with Gasteiger partial charge in [-0.2, -0.15) is 0 Å². The van der Waals surface area contributed by atoms with Crippen LogP contribution in [0, 0.1) is 5.82 Å². The van der Waals surface area contributed by atoms with Gasteiger partial charge >= 0.3 is 6.09 Å². The molecular formula is C26H33FN6O3Si. The summed E-state index contributed by atoms with van der Waals surface area (Å²) in [6, 6.07) is 12.4. The average Bonchev–Trinajstić information content (AvgIpc) is 3.48. The second kappa shape index (κ2) is 11.2. The molecule has 37 heavy (non-hydrogen) atoms. The molecule has 2 heterocycles. The molecule has 2 amide bonds.